The molecule has 0 aliphatic carbocycles. The minimum Gasteiger partial charge on any atom is -0.508 e. The predicted octanol–water partition coefficient (Wildman–Crippen LogP) is 4.83. The summed E-state index contributed by atoms with van der Waals surface area (Å²) >= 11 is 0. The van der Waals surface area contributed by atoms with Crippen molar-refractivity contribution < 1.29 is 10.2 Å². The number of hydrogen-bond donors (Lipinski definition) is 2. The first kappa shape index (κ1) is 14.2. The summed E-state index contributed by atoms with van der Waals surface area (Å²) in [4.78, 5) is 0. The molecule has 0 amide bonds. The summed E-state index contributed by atoms with van der Waals surface area (Å²) in [6, 6.07) is 14.7. The molecule has 0 spiro atoms. The third kappa shape index (κ3) is 3.02. The Hall–Kier alpha value is -2.22. The van der Waals surface area contributed by atoms with Crippen LogP contribution in [0.25, 0.3) is 11.1 Å². The van der Waals surface area contributed by atoms with E-state index < -0.39 is 0 Å². The van der Waals surface area contributed by atoms with Crippen LogP contribution in [0.5, 0.6) is 11.5 Å². The van der Waals surface area contributed by atoms with E-state index in [2.05, 4.69) is 13.8 Å². The van der Waals surface area contributed by atoms with Gasteiger partial charge in [0.15, 0.2) is 0 Å². The van der Waals surface area contributed by atoms with Gasteiger partial charge in [0.25, 0.3) is 0 Å². The molecule has 104 valence electrons. The van der Waals surface area contributed by atoms with Crippen LogP contribution in [0.4, 0.5) is 0 Å². The molecule has 0 unspecified atom stereocenters. The lowest BCUT2D eigenvalue weighted by Gasteiger charge is -2.14. The molecule has 0 aliphatic rings. The van der Waals surface area contributed by atoms with Crippen LogP contribution in [-0.4, -0.2) is 10.2 Å². The first-order valence-corrected chi connectivity index (χ1v) is 6.96. The Morgan fingerprint density at radius 3 is 1.45 bits per heavy atom. The molecule has 0 atom stereocenters. The maximum atomic E-state index is 9.66. The molecule has 0 aliphatic heterocycles. The van der Waals surface area contributed by atoms with Crippen molar-refractivity contribution in [2.75, 3.05) is 0 Å². The maximum absolute atomic E-state index is 9.66. The number of allylic oxidation sites excluding steroid dienone is 2. The van der Waals surface area contributed by atoms with Crippen LogP contribution < -0.4 is 0 Å². The van der Waals surface area contributed by atoms with Crippen molar-refractivity contribution in [1.82, 2.24) is 0 Å². The van der Waals surface area contributed by atoms with Crippen LogP contribution in [0.1, 0.15) is 37.8 Å². The number of hydrogen-bond acceptors (Lipinski definition) is 2. The van der Waals surface area contributed by atoms with Gasteiger partial charge in [-0.1, -0.05) is 38.1 Å². The zero-order valence-electron chi connectivity index (χ0n) is 11.9. The number of phenolic OH excluding ortho intramolecular Hbond substituents is 2. The Labute approximate surface area is 120 Å². The second-order valence-electron chi connectivity index (χ2n) is 4.76. The van der Waals surface area contributed by atoms with Gasteiger partial charge in [-0.05, 0) is 59.4 Å². The maximum Gasteiger partial charge on any atom is 0.116 e. The van der Waals surface area contributed by atoms with E-state index in [-0.39, 0.29) is 11.5 Å². The largest absolute Gasteiger partial charge is 0.508 e. The van der Waals surface area contributed by atoms with Crippen molar-refractivity contribution in [3.8, 4) is 11.5 Å². The van der Waals surface area contributed by atoms with Gasteiger partial charge in [0.2, 0.25) is 0 Å². The first-order chi connectivity index (χ1) is 9.65. The summed E-state index contributed by atoms with van der Waals surface area (Å²) in [5.41, 5.74) is 4.48. The van der Waals surface area contributed by atoms with Gasteiger partial charge >= 0.3 is 0 Å². The minimum absolute atomic E-state index is 0.278. The summed E-state index contributed by atoms with van der Waals surface area (Å²) in [5.74, 6) is 0.555. The van der Waals surface area contributed by atoms with E-state index in [1.165, 1.54) is 11.1 Å². The van der Waals surface area contributed by atoms with Crippen LogP contribution >= 0.6 is 0 Å². The Balaban J connectivity index is 2.59. The summed E-state index contributed by atoms with van der Waals surface area (Å²) in [6.45, 7) is 4.22. The van der Waals surface area contributed by atoms with Gasteiger partial charge in [-0.15, -0.1) is 0 Å². The number of benzene rings is 2. The van der Waals surface area contributed by atoms with Crippen LogP contribution in [0, 0.1) is 0 Å². The summed E-state index contributed by atoms with van der Waals surface area (Å²) in [7, 11) is 0. The minimum atomic E-state index is 0.278. The molecule has 2 heteroatoms. The summed E-state index contributed by atoms with van der Waals surface area (Å²) in [5, 5.41) is 19.3. The van der Waals surface area contributed by atoms with Crippen LogP contribution in [-0.2, 0) is 0 Å². The molecule has 2 N–H and O–H groups in total. The third-order valence-electron chi connectivity index (χ3n) is 3.46. The van der Waals surface area contributed by atoms with E-state index in [0.717, 1.165) is 24.0 Å². The predicted molar refractivity (Wildman–Crippen MR) is 83.6 cm³/mol. The molecule has 0 radical (unpaired) electrons. The second kappa shape index (κ2) is 6.29. The van der Waals surface area contributed by atoms with Crippen molar-refractivity contribution in [2.24, 2.45) is 0 Å². The number of rotatable bonds is 4. The molecular weight excluding hydrogens is 248 g/mol. The molecule has 2 nitrogen and oxygen atoms in total. The Morgan fingerprint density at radius 1 is 0.750 bits per heavy atom. The van der Waals surface area contributed by atoms with Crippen molar-refractivity contribution in [2.45, 2.75) is 26.7 Å². The smallest absolute Gasteiger partial charge is 0.116 e. The number of phenols is 2. The SMILES string of the molecule is CCC(=C(CC)c1cccc(O)c1)c1cccc(O)c1. The van der Waals surface area contributed by atoms with E-state index in [4.69, 9.17) is 0 Å². The lowest BCUT2D eigenvalue weighted by atomic mass is 9.91. The van der Waals surface area contributed by atoms with Crippen molar-refractivity contribution in [3.63, 3.8) is 0 Å². The molecule has 20 heavy (non-hydrogen) atoms. The molecule has 2 aromatic carbocycles. The molecular formula is C18H20O2. The van der Waals surface area contributed by atoms with Gasteiger partial charge in [-0.25, -0.2) is 0 Å². The van der Waals surface area contributed by atoms with Gasteiger partial charge in [-0.3, -0.25) is 0 Å². The summed E-state index contributed by atoms with van der Waals surface area (Å²) in [6.07, 6.45) is 1.75. The normalized spacial score (nSPS) is 12.1. The van der Waals surface area contributed by atoms with Gasteiger partial charge in [-0.2, -0.15) is 0 Å². The Bertz CT molecular complexity index is 571. The van der Waals surface area contributed by atoms with Crippen molar-refractivity contribution >= 4 is 11.1 Å². The van der Waals surface area contributed by atoms with E-state index in [0.29, 0.717) is 0 Å². The highest BCUT2D eigenvalue weighted by Gasteiger charge is 2.09. The lowest BCUT2D eigenvalue weighted by Crippen LogP contribution is -1.91. The van der Waals surface area contributed by atoms with Crippen LogP contribution in [0.3, 0.4) is 0 Å². The van der Waals surface area contributed by atoms with Gasteiger partial charge in [0.1, 0.15) is 11.5 Å². The quantitative estimate of drug-likeness (QED) is 0.780. The van der Waals surface area contributed by atoms with Crippen LogP contribution in [0.2, 0.25) is 0 Å². The highest BCUT2D eigenvalue weighted by Crippen LogP contribution is 2.33. The van der Waals surface area contributed by atoms with E-state index in [1.54, 1.807) is 24.3 Å². The first-order valence-electron chi connectivity index (χ1n) is 6.96. The fourth-order valence-electron chi connectivity index (χ4n) is 2.57. The molecule has 0 aromatic heterocycles. The Morgan fingerprint density at radius 2 is 1.15 bits per heavy atom. The third-order valence-corrected chi connectivity index (χ3v) is 3.46. The molecule has 2 rings (SSSR count). The molecule has 0 bridgehead atoms. The van der Waals surface area contributed by atoms with Crippen molar-refractivity contribution in [1.29, 1.82) is 0 Å². The zero-order valence-corrected chi connectivity index (χ0v) is 11.9. The van der Waals surface area contributed by atoms with Gasteiger partial charge < -0.3 is 10.2 Å². The molecule has 0 heterocycles. The second-order valence-corrected chi connectivity index (χ2v) is 4.76. The van der Waals surface area contributed by atoms with E-state index >= 15 is 0 Å². The topological polar surface area (TPSA) is 40.5 Å². The van der Waals surface area contributed by atoms with E-state index in [1.807, 2.05) is 24.3 Å². The fourth-order valence-corrected chi connectivity index (χ4v) is 2.57. The van der Waals surface area contributed by atoms with Crippen LogP contribution in [0.15, 0.2) is 48.5 Å². The molecule has 0 saturated carbocycles. The lowest BCUT2D eigenvalue weighted by molar-refractivity contribution is 0.474. The molecule has 0 saturated heterocycles. The monoisotopic (exact) mass is 268 g/mol. The standard InChI is InChI=1S/C18H20O2/c1-3-17(13-7-5-9-15(19)11-13)18(4-2)14-8-6-10-16(20)12-14/h5-12,19-20H,3-4H2,1-2H3. The fraction of sp³-hybridized carbons (Fsp3) is 0.222. The highest BCUT2D eigenvalue weighted by atomic mass is 16.3. The van der Waals surface area contributed by atoms with E-state index in [9.17, 15) is 10.2 Å². The van der Waals surface area contributed by atoms with Gasteiger partial charge in [0, 0.05) is 0 Å². The number of aromatic hydroxyl groups is 2. The highest BCUT2D eigenvalue weighted by molar-refractivity contribution is 5.91. The molecule has 0 fully saturated rings. The Kier molecular flexibility index (Phi) is 4.46. The average Bonchev–Trinajstić information content (AvgIpc) is 2.44. The molecule has 2 aromatic rings. The zero-order chi connectivity index (χ0) is 14.5. The van der Waals surface area contributed by atoms with Gasteiger partial charge in [0.05, 0.1) is 0 Å². The average molecular weight is 268 g/mol. The summed E-state index contributed by atoms with van der Waals surface area (Å²) < 4.78 is 0. The van der Waals surface area contributed by atoms with Crippen molar-refractivity contribution in [3.05, 3.63) is 59.7 Å².